The molecule has 1 aliphatic rings. The molecule has 1 aromatic heterocycles. The zero-order chi connectivity index (χ0) is 14.3. The van der Waals surface area contributed by atoms with E-state index in [-0.39, 0.29) is 0 Å². The summed E-state index contributed by atoms with van der Waals surface area (Å²) in [5.41, 5.74) is 0.388. The molecule has 1 N–H and O–H groups in total. The van der Waals surface area contributed by atoms with E-state index in [0.29, 0.717) is 5.41 Å². The van der Waals surface area contributed by atoms with Gasteiger partial charge in [0.2, 0.25) is 0 Å². The first kappa shape index (κ1) is 16.0. The third-order valence-corrected chi connectivity index (χ3v) is 4.95. The fourth-order valence-corrected chi connectivity index (χ4v) is 3.81. The van der Waals surface area contributed by atoms with Crippen molar-refractivity contribution >= 4 is 11.3 Å². The molecule has 0 spiro atoms. The molecule has 0 unspecified atom stereocenters. The van der Waals surface area contributed by atoms with Crippen LogP contribution in [0.25, 0.3) is 0 Å². The molecule has 2 rings (SSSR count). The molecule has 1 fully saturated rings. The van der Waals surface area contributed by atoms with Gasteiger partial charge in [0.25, 0.3) is 0 Å². The molecule has 0 aliphatic carbocycles. The lowest BCUT2D eigenvalue weighted by Crippen LogP contribution is -2.46. The van der Waals surface area contributed by atoms with Crippen molar-refractivity contribution in [2.24, 2.45) is 5.41 Å². The Bertz CT molecular complexity index is 361. The van der Waals surface area contributed by atoms with E-state index in [2.05, 4.69) is 41.7 Å². The molecule has 0 aromatic carbocycles. The van der Waals surface area contributed by atoms with Gasteiger partial charge in [-0.25, -0.2) is 0 Å². The minimum atomic E-state index is 0.388. The van der Waals surface area contributed by atoms with Crippen LogP contribution in [0.1, 0.15) is 31.1 Å². The van der Waals surface area contributed by atoms with Gasteiger partial charge in [0.15, 0.2) is 0 Å². The van der Waals surface area contributed by atoms with Crippen molar-refractivity contribution < 1.29 is 4.74 Å². The second kappa shape index (κ2) is 8.13. The summed E-state index contributed by atoms with van der Waals surface area (Å²) < 4.78 is 5.57. The maximum absolute atomic E-state index is 5.57. The maximum Gasteiger partial charge on any atom is 0.0472 e. The van der Waals surface area contributed by atoms with E-state index in [9.17, 15) is 0 Å². The first-order valence-electron chi connectivity index (χ1n) is 7.73. The van der Waals surface area contributed by atoms with Crippen molar-refractivity contribution in [3.05, 3.63) is 22.4 Å². The lowest BCUT2D eigenvalue weighted by atomic mass is 9.79. The number of thiophene rings is 1. The lowest BCUT2D eigenvalue weighted by Gasteiger charge is -2.40. The van der Waals surface area contributed by atoms with Gasteiger partial charge in [-0.05, 0) is 49.7 Å². The molecular formula is C16H28N2OS. The van der Waals surface area contributed by atoms with Crippen molar-refractivity contribution in [3.8, 4) is 0 Å². The average molecular weight is 296 g/mol. The van der Waals surface area contributed by atoms with Crippen molar-refractivity contribution in [2.75, 3.05) is 39.9 Å². The summed E-state index contributed by atoms with van der Waals surface area (Å²) in [6, 6.07) is 4.37. The summed E-state index contributed by atoms with van der Waals surface area (Å²) in [5.74, 6) is 0. The summed E-state index contributed by atoms with van der Waals surface area (Å²) >= 11 is 1.85. The highest BCUT2D eigenvalue weighted by Crippen LogP contribution is 2.31. The molecule has 0 radical (unpaired) electrons. The van der Waals surface area contributed by atoms with E-state index in [0.717, 1.165) is 39.4 Å². The lowest BCUT2D eigenvalue weighted by molar-refractivity contribution is -0.00142. The van der Waals surface area contributed by atoms with Gasteiger partial charge in [-0.1, -0.05) is 13.0 Å². The molecule has 4 heteroatoms. The Labute approximate surface area is 127 Å². The van der Waals surface area contributed by atoms with Gasteiger partial charge in [-0.2, -0.15) is 0 Å². The van der Waals surface area contributed by atoms with Crippen LogP contribution < -0.4 is 5.32 Å². The van der Waals surface area contributed by atoms with Crippen LogP contribution in [0.3, 0.4) is 0 Å². The highest BCUT2D eigenvalue weighted by Gasteiger charge is 2.33. The third-order valence-electron chi connectivity index (χ3n) is 4.09. The number of hydrogen-bond donors (Lipinski definition) is 1. The first-order valence-corrected chi connectivity index (χ1v) is 8.61. The van der Waals surface area contributed by atoms with Crippen molar-refractivity contribution in [1.82, 2.24) is 10.2 Å². The summed E-state index contributed by atoms with van der Waals surface area (Å²) in [6.45, 7) is 8.53. The van der Waals surface area contributed by atoms with Crippen LogP contribution in [0.5, 0.6) is 0 Å². The van der Waals surface area contributed by atoms with E-state index in [1.165, 1.54) is 24.1 Å². The zero-order valence-electron chi connectivity index (χ0n) is 12.9. The van der Waals surface area contributed by atoms with Gasteiger partial charge in [-0.3, -0.25) is 0 Å². The number of hydrogen-bond acceptors (Lipinski definition) is 4. The smallest absolute Gasteiger partial charge is 0.0472 e. The monoisotopic (exact) mass is 296 g/mol. The molecule has 114 valence electrons. The van der Waals surface area contributed by atoms with E-state index >= 15 is 0 Å². The molecule has 3 nitrogen and oxygen atoms in total. The minimum Gasteiger partial charge on any atom is -0.381 e. The molecule has 2 heterocycles. The van der Waals surface area contributed by atoms with Crippen LogP contribution in [0.2, 0.25) is 0 Å². The highest BCUT2D eigenvalue weighted by atomic mass is 32.1. The Balaban J connectivity index is 1.88. The average Bonchev–Trinajstić information content (AvgIpc) is 2.92. The Hall–Kier alpha value is -0.420. The topological polar surface area (TPSA) is 24.5 Å². The second-order valence-corrected chi connectivity index (χ2v) is 7.07. The molecule has 0 amide bonds. The molecule has 20 heavy (non-hydrogen) atoms. The van der Waals surface area contributed by atoms with Gasteiger partial charge in [-0.15, -0.1) is 11.3 Å². The summed E-state index contributed by atoms with van der Waals surface area (Å²) in [7, 11) is 2.25. The van der Waals surface area contributed by atoms with E-state index in [1.54, 1.807) is 0 Å². The SMILES string of the molecule is CCCNCC1(CN(C)Cc2cccs2)CCOCC1. The number of rotatable bonds is 8. The molecule has 0 atom stereocenters. The standard InChI is InChI=1S/C16H28N2OS/c1-3-8-17-13-16(6-9-19-10-7-16)14-18(2)12-15-5-4-11-20-15/h4-5,11,17H,3,6-10,12-14H2,1-2H3. The number of nitrogens with zero attached hydrogens (tertiary/aromatic N) is 1. The number of ether oxygens (including phenoxy) is 1. The van der Waals surface area contributed by atoms with Crippen LogP contribution in [0, 0.1) is 5.41 Å². The van der Waals surface area contributed by atoms with Crippen molar-refractivity contribution in [3.63, 3.8) is 0 Å². The highest BCUT2D eigenvalue weighted by molar-refractivity contribution is 7.09. The van der Waals surface area contributed by atoms with Gasteiger partial charge in [0.05, 0.1) is 0 Å². The Morgan fingerprint density at radius 3 is 2.85 bits per heavy atom. The fourth-order valence-electron chi connectivity index (χ4n) is 3.02. The van der Waals surface area contributed by atoms with Crippen molar-refractivity contribution in [2.45, 2.75) is 32.7 Å². The van der Waals surface area contributed by atoms with E-state index < -0.39 is 0 Å². The van der Waals surface area contributed by atoms with Crippen LogP contribution in [-0.2, 0) is 11.3 Å². The fraction of sp³-hybridized carbons (Fsp3) is 0.750. The largest absolute Gasteiger partial charge is 0.381 e. The van der Waals surface area contributed by atoms with Crippen LogP contribution in [0.4, 0.5) is 0 Å². The Kier molecular flexibility index (Phi) is 6.49. The molecule has 1 aromatic rings. The molecule has 1 saturated heterocycles. The normalized spacial score (nSPS) is 18.6. The Morgan fingerprint density at radius 1 is 1.40 bits per heavy atom. The maximum atomic E-state index is 5.57. The Morgan fingerprint density at radius 2 is 2.20 bits per heavy atom. The molecular weight excluding hydrogens is 268 g/mol. The van der Waals surface area contributed by atoms with Gasteiger partial charge in [0, 0.05) is 37.7 Å². The first-order chi connectivity index (χ1) is 9.74. The quantitative estimate of drug-likeness (QED) is 0.746. The third kappa shape index (κ3) is 4.85. The predicted molar refractivity (Wildman–Crippen MR) is 86.3 cm³/mol. The van der Waals surface area contributed by atoms with E-state index in [1.807, 2.05) is 11.3 Å². The summed E-state index contributed by atoms with van der Waals surface area (Å²) in [6.07, 6.45) is 3.56. The number of nitrogens with one attached hydrogen (secondary N) is 1. The van der Waals surface area contributed by atoms with E-state index in [4.69, 9.17) is 4.74 Å². The molecule has 0 saturated carbocycles. The second-order valence-electron chi connectivity index (χ2n) is 6.04. The summed E-state index contributed by atoms with van der Waals surface area (Å²) in [5, 5.41) is 5.79. The minimum absolute atomic E-state index is 0.388. The van der Waals surface area contributed by atoms with Crippen LogP contribution in [-0.4, -0.2) is 44.8 Å². The van der Waals surface area contributed by atoms with Gasteiger partial charge >= 0.3 is 0 Å². The van der Waals surface area contributed by atoms with Crippen LogP contribution >= 0.6 is 11.3 Å². The zero-order valence-corrected chi connectivity index (χ0v) is 13.7. The molecule has 0 bridgehead atoms. The van der Waals surface area contributed by atoms with Crippen molar-refractivity contribution in [1.29, 1.82) is 0 Å². The summed E-state index contributed by atoms with van der Waals surface area (Å²) in [4.78, 5) is 3.93. The van der Waals surface area contributed by atoms with Crippen LogP contribution in [0.15, 0.2) is 17.5 Å². The van der Waals surface area contributed by atoms with Gasteiger partial charge < -0.3 is 15.0 Å². The van der Waals surface area contributed by atoms with Gasteiger partial charge in [0.1, 0.15) is 0 Å². The predicted octanol–water partition coefficient (Wildman–Crippen LogP) is 2.98. The molecule has 1 aliphatic heterocycles.